The summed E-state index contributed by atoms with van der Waals surface area (Å²) in [5, 5.41) is 8.49. The molecule has 0 bridgehead atoms. The number of carboxylic acid groups (broad SMARTS) is 1. The highest BCUT2D eigenvalue weighted by atomic mass is 16.4. The van der Waals surface area contributed by atoms with Gasteiger partial charge in [0.2, 0.25) is 0 Å². The lowest BCUT2D eigenvalue weighted by Crippen LogP contribution is -2.39. The molecule has 1 rings (SSSR count). The van der Waals surface area contributed by atoms with Gasteiger partial charge in [0.25, 0.3) is 0 Å². The van der Waals surface area contributed by atoms with Crippen molar-refractivity contribution in [3.63, 3.8) is 0 Å². The van der Waals surface area contributed by atoms with E-state index in [9.17, 15) is 4.79 Å². The minimum absolute atomic E-state index is 0.608. The normalized spacial score (nSPS) is 23.8. The summed E-state index contributed by atoms with van der Waals surface area (Å²) >= 11 is 0. The van der Waals surface area contributed by atoms with E-state index in [2.05, 4.69) is 18.7 Å². The number of hydrogen-bond acceptors (Lipinski definition) is 2. The summed E-state index contributed by atoms with van der Waals surface area (Å²) in [6.45, 7) is 6.74. The van der Waals surface area contributed by atoms with Crippen LogP contribution >= 0.6 is 0 Å². The Balaban J connectivity index is 2.33. The largest absolute Gasteiger partial charge is 0.478 e. The molecule has 1 unspecified atom stereocenters. The summed E-state index contributed by atoms with van der Waals surface area (Å²) in [7, 11) is 0. The zero-order valence-corrected chi connectivity index (χ0v) is 9.65. The van der Waals surface area contributed by atoms with Crippen LogP contribution in [0.1, 0.15) is 33.1 Å². The van der Waals surface area contributed by atoms with Gasteiger partial charge in [0.05, 0.1) is 0 Å². The smallest absolute Gasteiger partial charge is 0.327 e. The Hall–Kier alpha value is -0.830. The number of carbonyl (C=O) groups is 1. The fraction of sp³-hybridized carbons (Fsp3) is 0.750. The van der Waals surface area contributed by atoms with Crippen molar-refractivity contribution in [1.82, 2.24) is 4.90 Å². The molecule has 0 radical (unpaired) electrons. The Morgan fingerprint density at radius 3 is 2.93 bits per heavy atom. The second-order valence-corrected chi connectivity index (χ2v) is 4.57. The first-order valence-electron chi connectivity index (χ1n) is 5.73. The van der Waals surface area contributed by atoms with Crippen molar-refractivity contribution >= 4 is 5.97 Å². The summed E-state index contributed by atoms with van der Waals surface area (Å²) in [5.41, 5.74) is 0. The molecule has 0 aromatic heterocycles. The zero-order chi connectivity index (χ0) is 11.3. The lowest BCUT2D eigenvalue weighted by molar-refractivity contribution is -0.131. The highest BCUT2D eigenvalue weighted by Crippen LogP contribution is 2.21. The molecule has 1 heterocycles. The van der Waals surface area contributed by atoms with Crippen LogP contribution < -0.4 is 0 Å². The zero-order valence-electron chi connectivity index (χ0n) is 9.65. The van der Waals surface area contributed by atoms with Gasteiger partial charge in [0, 0.05) is 18.7 Å². The predicted molar refractivity (Wildman–Crippen MR) is 60.8 cm³/mol. The Bertz CT molecular complexity index is 236. The number of rotatable bonds is 4. The molecule has 15 heavy (non-hydrogen) atoms. The molecular weight excluding hydrogens is 190 g/mol. The summed E-state index contributed by atoms with van der Waals surface area (Å²) < 4.78 is 0. The fourth-order valence-corrected chi connectivity index (χ4v) is 2.12. The average Bonchev–Trinajstić information content (AvgIpc) is 2.17. The molecule has 1 atom stereocenters. The van der Waals surface area contributed by atoms with Crippen LogP contribution in [0.3, 0.4) is 0 Å². The Kier molecular flexibility index (Phi) is 4.82. The number of piperidine rings is 1. The van der Waals surface area contributed by atoms with Gasteiger partial charge in [-0.3, -0.25) is 0 Å². The Labute approximate surface area is 91.8 Å². The first kappa shape index (κ1) is 12.2. The standard InChI is InChI=1S/C12H21NO2/c1-10(2)13-8-4-6-11(9-13)5-3-7-12(14)15/h3,7,10-11H,4-6,8-9H2,1-2H3,(H,14,15). The third-order valence-electron chi connectivity index (χ3n) is 3.01. The second kappa shape index (κ2) is 5.91. The van der Waals surface area contributed by atoms with Crippen LogP contribution in [0.15, 0.2) is 12.2 Å². The number of hydrogen-bond donors (Lipinski definition) is 1. The van der Waals surface area contributed by atoms with Gasteiger partial charge in [-0.2, -0.15) is 0 Å². The quantitative estimate of drug-likeness (QED) is 0.724. The summed E-state index contributed by atoms with van der Waals surface area (Å²) in [4.78, 5) is 12.8. The topological polar surface area (TPSA) is 40.5 Å². The van der Waals surface area contributed by atoms with Crippen molar-refractivity contribution in [2.45, 2.75) is 39.2 Å². The molecule has 1 fully saturated rings. The van der Waals surface area contributed by atoms with Crippen molar-refractivity contribution < 1.29 is 9.90 Å². The van der Waals surface area contributed by atoms with E-state index in [1.54, 1.807) is 6.08 Å². The average molecular weight is 211 g/mol. The van der Waals surface area contributed by atoms with Crippen molar-refractivity contribution in [2.75, 3.05) is 13.1 Å². The number of allylic oxidation sites excluding steroid dienone is 1. The first-order chi connectivity index (χ1) is 7.09. The maximum absolute atomic E-state index is 10.3. The van der Waals surface area contributed by atoms with Crippen LogP contribution in [0.2, 0.25) is 0 Å². The van der Waals surface area contributed by atoms with E-state index in [0.717, 1.165) is 13.0 Å². The van der Waals surface area contributed by atoms with E-state index in [1.165, 1.54) is 25.5 Å². The number of aliphatic carboxylic acids is 1. The second-order valence-electron chi connectivity index (χ2n) is 4.57. The maximum atomic E-state index is 10.3. The molecule has 0 aromatic carbocycles. The van der Waals surface area contributed by atoms with E-state index in [-0.39, 0.29) is 0 Å². The third kappa shape index (κ3) is 4.47. The lowest BCUT2D eigenvalue weighted by Gasteiger charge is -2.35. The van der Waals surface area contributed by atoms with Crippen molar-refractivity contribution in [2.24, 2.45) is 5.92 Å². The Morgan fingerprint density at radius 1 is 1.60 bits per heavy atom. The van der Waals surface area contributed by atoms with Crippen molar-refractivity contribution in [1.29, 1.82) is 0 Å². The molecule has 1 aliphatic rings. The molecule has 1 saturated heterocycles. The molecule has 0 aliphatic carbocycles. The van der Waals surface area contributed by atoms with E-state index in [1.807, 2.05) is 0 Å². The fourth-order valence-electron chi connectivity index (χ4n) is 2.12. The molecule has 86 valence electrons. The summed E-state index contributed by atoms with van der Waals surface area (Å²) in [5.74, 6) is -0.205. The molecule has 3 heteroatoms. The van der Waals surface area contributed by atoms with Gasteiger partial charge in [0.1, 0.15) is 0 Å². The monoisotopic (exact) mass is 211 g/mol. The molecule has 0 aromatic rings. The molecule has 0 saturated carbocycles. The molecule has 1 N–H and O–H groups in total. The van der Waals surface area contributed by atoms with Crippen LogP contribution in [0.5, 0.6) is 0 Å². The van der Waals surface area contributed by atoms with Gasteiger partial charge < -0.3 is 10.0 Å². The highest BCUT2D eigenvalue weighted by molar-refractivity contribution is 5.79. The predicted octanol–water partition coefficient (Wildman–Crippen LogP) is 2.14. The van der Waals surface area contributed by atoms with Gasteiger partial charge in [-0.25, -0.2) is 4.79 Å². The maximum Gasteiger partial charge on any atom is 0.327 e. The first-order valence-corrected chi connectivity index (χ1v) is 5.73. The Morgan fingerprint density at radius 2 is 2.33 bits per heavy atom. The highest BCUT2D eigenvalue weighted by Gasteiger charge is 2.20. The van der Waals surface area contributed by atoms with E-state index < -0.39 is 5.97 Å². The lowest BCUT2D eigenvalue weighted by atomic mass is 9.94. The van der Waals surface area contributed by atoms with Gasteiger partial charge >= 0.3 is 5.97 Å². The van der Waals surface area contributed by atoms with Crippen LogP contribution in [0, 0.1) is 5.92 Å². The molecule has 3 nitrogen and oxygen atoms in total. The van der Waals surface area contributed by atoms with Gasteiger partial charge in [-0.1, -0.05) is 6.08 Å². The van der Waals surface area contributed by atoms with Crippen molar-refractivity contribution in [3.8, 4) is 0 Å². The van der Waals surface area contributed by atoms with E-state index in [0.29, 0.717) is 12.0 Å². The molecule has 0 spiro atoms. The summed E-state index contributed by atoms with van der Waals surface area (Å²) in [6.07, 6.45) is 6.41. The minimum Gasteiger partial charge on any atom is -0.478 e. The van der Waals surface area contributed by atoms with Gasteiger partial charge in [-0.15, -0.1) is 0 Å². The summed E-state index contributed by atoms with van der Waals surface area (Å²) in [6, 6.07) is 0.608. The van der Waals surface area contributed by atoms with Crippen LogP contribution in [0.25, 0.3) is 0 Å². The SMILES string of the molecule is CC(C)N1CCCC(CC=CC(=O)O)C1. The van der Waals surface area contributed by atoms with Gasteiger partial charge in [-0.05, 0) is 45.6 Å². The number of likely N-dealkylation sites (tertiary alicyclic amines) is 1. The van der Waals surface area contributed by atoms with E-state index in [4.69, 9.17) is 5.11 Å². The van der Waals surface area contributed by atoms with Gasteiger partial charge in [0.15, 0.2) is 0 Å². The molecular formula is C12H21NO2. The molecule has 0 amide bonds. The third-order valence-corrected chi connectivity index (χ3v) is 3.01. The molecule has 1 aliphatic heterocycles. The number of carboxylic acids is 1. The van der Waals surface area contributed by atoms with Crippen molar-refractivity contribution in [3.05, 3.63) is 12.2 Å². The number of nitrogens with zero attached hydrogens (tertiary/aromatic N) is 1. The van der Waals surface area contributed by atoms with Crippen LogP contribution in [-0.2, 0) is 4.79 Å². The minimum atomic E-state index is -0.841. The van der Waals surface area contributed by atoms with Crippen LogP contribution in [-0.4, -0.2) is 35.1 Å². The van der Waals surface area contributed by atoms with Crippen LogP contribution in [0.4, 0.5) is 0 Å². The van der Waals surface area contributed by atoms with E-state index >= 15 is 0 Å².